The Labute approximate surface area is 119 Å². The highest BCUT2D eigenvalue weighted by molar-refractivity contribution is 5.42. The third-order valence-electron chi connectivity index (χ3n) is 3.82. The number of aromatic nitrogens is 2. The van der Waals surface area contributed by atoms with Gasteiger partial charge < -0.3 is 10.1 Å². The van der Waals surface area contributed by atoms with Crippen LogP contribution < -0.4 is 10.1 Å². The largest absolute Gasteiger partial charge is 0.486 e. The molecule has 0 radical (unpaired) electrons. The van der Waals surface area contributed by atoms with Gasteiger partial charge in [0.25, 0.3) is 0 Å². The van der Waals surface area contributed by atoms with E-state index in [0.717, 1.165) is 18.7 Å². The number of rotatable bonds is 4. The van der Waals surface area contributed by atoms with Crippen LogP contribution >= 0.6 is 0 Å². The molecule has 0 bridgehead atoms. The molecule has 0 saturated carbocycles. The lowest BCUT2D eigenvalue weighted by Crippen LogP contribution is -2.39. The first kappa shape index (κ1) is 13.2. The Morgan fingerprint density at radius 3 is 2.90 bits per heavy atom. The summed E-state index contributed by atoms with van der Waals surface area (Å²) in [4.78, 5) is 0. The van der Waals surface area contributed by atoms with Gasteiger partial charge in [-0.25, -0.2) is 0 Å². The molecule has 1 unspecified atom stereocenters. The minimum atomic E-state index is -0.210. The van der Waals surface area contributed by atoms with E-state index in [4.69, 9.17) is 4.74 Å². The lowest BCUT2D eigenvalue weighted by Gasteiger charge is -2.27. The van der Waals surface area contributed by atoms with Gasteiger partial charge in [0.2, 0.25) is 0 Å². The molecule has 2 heterocycles. The molecule has 0 saturated heterocycles. The van der Waals surface area contributed by atoms with E-state index in [9.17, 15) is 0 Å². The maximum atomic E-state index is 6.03. The lowest BCUT2D eigenvalue weighted by atomic mass is 9.94. The smallest absolute Gasteiger partial charge is 0.125 e. The fourth-order valence-electron chi connectivity index (χ4n) is 2.85. The van der Waals surface area contributed by atoms with Crippen molar-refractivity contribution in [3.8, 4) is 5.75 Å². The summed E-state index contributed by atoms with van der Waals surface area (Å²) in [6, 6.07) is 8.51. The Bertz CT molecular complexity index is 603. The minimum Gasteiger partial charge on any atom is -0.486 e. The second-order valence-electron chi connectivity index (χ2n) is 5.90. The van der Waals surface area contributed by atoms with E-state index < -0.39 is 0 Å². The molecule has 1 atom stereocenters. The van der Waals surface area contributed by atoms with Crippen LogP contribution in [0.2, 0.25) is 0 Å². The normalized spacial score (nSPS) is 19.6. The van der Waals surface area contributed by atoms with Gasteiger partial charge in [0.1, 0.15) is 11.4 Å². The molecule has 0 amide bonds. The number of aryl methyl sites for hydroxylation is 1. The van der Waals surface area contributed by atoms with Crippen molar-refractivity contribution in [1.29, 1.82) is 0 Å². The highest BCUT2D eigenvalue weighted by Crippen LogP contribution is 2.42. The predicted octanol–water partition coefficient (Wildman–Crippen LogP) is 2.46. The molecule has 1 N–H and O–H groups in total. The molecule has 0 spiro atoms. The van der Waals surface area contributed by atoms with Crippen LogP contribution in [-0.4, -0.2) is 21.9 Å². The summed E-state index contributed by atoms with van der Waals surface area (Å²) in [5.74, 6) is 0.997. The van der Waals surface area contributed by atoms with Gasteiger partial charge in [-0.3, -0.25) is 4.68 Å². The van der Waals surface area contributed by atoms with Gasteiger partial charge in [0.15, 0.2) is 0 Å². The standard InChI is InChI=1S/C16H21N3O/c1-16(2)15(13-6-4-5-7-14(13)20-16)17-9-8-12-10-18-19(3)11-12/h4-7,10-11,15,17H,8-9H2,1-3H3. The number of hydrogen-bond acceptors (Lipinski definition) is 3. The molecule has 1 aromatic carbocycles. The molecule has 1 aliphatic heterocycles. The Hall–Kier alpha value is -1.81. The van der Waals surface area contributed by atoms with Gasteiger partial charge in [-0.2, -0.15) is 5.10 Å². The number of ether oxygens (including phenoxy) is 1. The quantitative estimate of drug-likeness (QED) is 0.928. The van der Waals surface area contributed by atoms with Crippen molar-refractivity contribution in [2.45, 2.75) is 31.9 Å². The van der Waals surface area contributed by atoms with Gasteiger partial charge in [-0.05, 0) is 38.4 Å². The van der Waals surface area contributed by atoms with Crippen LogP contribution in [0.1, 0.15) is 31.0 Å². The fourth-order valence-corrected chi connectivity index (χ4v) is 2.85. The first-order chi connectivity index (χ1) is 9.56. The van der Waals surface area contributed by atoms with Gasteiger partial charge in [0, 0.05) is 18.8 Å². The second kappa shape index (κ2) is 4.94. The Balaban J connectivity index is 1.67. The average Bonchev–Trinajstić information content (AvgIpc) is 2.91. The second-order valence-corrected chi connectivity index (χ2v) is 5.90. The summed E-state index contributed by atoms with van der Waals surface area (Å²) in [7, 11) is 1.95. The van der Waals surface area contributed by atoms with Crippen molar-refractivity contribution in [2.75, 3.05) is 6.54 Å². The van der Waals surface area contributed by atoms with E-state index in [2.05, 4.69) is 42.6 Å². The van der Waals surface area contributed by atoms with Crippen LogP contribution in [0.25, 0.3) is 0 Å². The maximum absolute atomic E-state index is 6.03. The van der Waals surface area contributed by atoms with Crippen LogP contribution in [-0.2, 0) is 13.5 Å². The van der Waals surface area contributed by atoms with Crippen molar-refractivity contribution in [1.82, 2.24) is 15.1 Å². The van der Waals surface area contributed by atoms with Crippen LogP contribution in [0.4, 0.5) is 0 Å². The summed E-state index contributed by atoms with van der Waals surface area (Å²) < 4.78 is 7.88. The highest BCUT2D eigenvalue weighted by atomic mass is 16.5. The summed E-state index contributed by atoms with van der Waals surface area (Å²) in [5, 5.41) is 7.82. The third-order valence-corrected chi connectivity index (χ3v) is 3.82. The molecule has 1 aliphatic rings. The molecule has 2 aromatic rings. The molecular weight excluding hydrogens is 250 g/mol. The predicted molar refractivity (Wildman–Crippen MR) is 78.8 cm³/mol. The lowest BCUT2D eigenvalue weighted by molar-refractivity contribution is 0.0968. The Kier molecular flexibility index (Phi) is 3.26. The highest BCUT2D eigenvalue weighted by Gasteiger charge is 2.40. The van der Waals surface area contributed by atoms with Crippen LogP contribution in [0, 0.1) is 0 Å². The summed E-state index contributed by atoms with van der Waals surface area (Å²) in [6.45, 7) is 5.18. The first-order valence-electron chi connectivity index (χ1n) is 7.05. The molecule has 4 nitrogen and oxygen atoms in total. The monoisotopic (exact) mass is 271 g/mol. The SMILES string of the molecule is Cn1cc(CCNC2c3ccccc3OC2(C)C)cn1. The zero-order valence-electron chi connectivity index (χ0n) is 12.3. The Morgan fingerprint density at radius 1 is 1.35 bits per heavy atom. The van der Waals surface area contributed by atoms with Crippen molar-refractivity contribution in [2.24, 2.45) is 7.05 Å². The van der Waals surface area contributed by atoms with Crippen LogP contribution in [0.3, 0.4) is 0 Å². The zero-order valence-corrected chi connectivity index (χ0v) is 12.3. The van der Waals surface area contributed by atoms with Gasteiger partial charge in [-0.15, -0.1) is 0 Å². The zero-order chi connectivity index (χ0) is 14.2. The van der Waals surface area contributed by atoms with Crippen molar-refractivity contribution >= 4 is 0 Å². The molecule has 4 heteroatoms. The number of fused-ring (bicyclic) bond motifs is 1. The van der Waals surface area contributed by atoms with E-state index in [1.807, 2.05) is 30.1 Å². The number of benzene rings is 1. The molecule has 0 fully saturated rings. The molecule has 3 rings (SSSR count). The topological polar surface area (TPSA) is 39.1 Å². The number of nitrogens with zero attached hydrogens (tertiary/aromatic N) is 2. The average molecular weight is 271 g/mol. The maximum Gasteiger partial charge on any atom is 0.125 e. The van der Waals surface area contributed by atoms with E-state index in [1.165, 1.54) is 11.1 Å². The van der Waals surface area contributed by atoms with Crippen LogP contribution in [0.15, 0.2) is 36.7 Å². The van der Waals surface area contributed by atoms with E-state index in [1.54, 1.807) is 0 Å². The number of hydrogen-bond donors (Lipinski definition) is 1. The number of para-hydroxylation sites is 1. The van der Waals surface area contributed by atoms with Crippen LogP contribution in [0.5, 0.6) is 5.75 Å². The molecule has 0 aliphatic carbocycles. The molecular formula is C16H21N3O. The molecule has 20 heavy (non-hydrogen) atoms. The summed E-state index contributed by atoms with van der Waals surface area (Å²) >= 11 is 0. The number of nitrogens with one attached hydrogen (secondary N) is 1. The summed E-state index contributed by atoms with van der Waals surface area (Å²) in [6.07, 6.45) is 4.96. The van der Waals surface area contributed by atoms with E-state index in [0.29, 0.717) is 0 Å². The summed E-state index contributed by atoms with van der Waals surface area (Å²) in [5.41, 5.74) is 2.30. The van der Waals surface area contributed by atoms with Gasteiger partial charge in [-0.1, -0.05) is 18.2 Å². The minimum absolute atomic E-state index is 0.210. The first-order valence-corrected chi connectivity index (χ1v) is 7.05. The van der Waals surface area contributed by atoms with Crippen molar-refractivity contribution in [3.63, 3.8) is 0 Å². The molecule has 106 valence electrons. The van der Waals surface area contributed by atoms with Gasteiger partial charge >= 0.3 is 0 Å². The van der Waals surface area contributed by atoms with E-state index in [-0.39, 0.29) is 11.6 Å². The molecule has 1 aromatic heterocycles. The van der Waals surface area contributed by atoms with Crippen molar-refractivity contribution in [3.05, 3.63) is 47.8 Å². The third kappa shape index (κ3) is 2.43. The Morgan fingerprint density at radius 2 is 2.15 bits per heavy atom. The fraction of sp³-hybridized carbons (Fsp3) is 0.438. The van der Waals surface area contributed by atoms with E-state index >= 15 is 0 Å². The van der Waals surface area contributed by atoms with Crippen molar-refractivity contribution < 1.29 is 4.74 Å². The van der Waals surface area contributed by atoms with Gasteiger partial charge in [0.05, 0.1) is 12.2 Å².